The molecule has 2 bridgehead atoms. The molecule has 2 saturated carbocycles. The van der Waals surface area contributed by atoms with E-state index in [9.17, 15) is 0 Å². The van der Waals surface area contributed by atoms with Crippen molar-refractivity contribution in [1.29, 1.82) is 0 Å². The highest BCUT2D eigenvalue weighted by Crippen LogP contribution is 2.44. The van der Waals surface area contributed by atoms with E-state index < -0.39 is 0 Å². The van der Waals surface area contributed by atoms with Gasteiger partial charge in [0.15, 0.2) is 0 Å². The summed E-state index contributed by atoms with van der Waals surface area (Å²) < 4.78 is 2.11. The highest BCUT2D eigenvalue weighted by atomic mass is 35.5. The number of nitrogens with one attached hydrogen (secondary N) is 1. The molecule has 3 atom stereocenters. The third-order valence-corrected chi connectivity index (χ3v) is 4.56. The molecule has 0 saturated heterocycles. The van der Waals surface area contributed by atoms with E-state index in [0.29, 0.717) is 0 Å². The monoisotopic (exact) mass is 238 g/mol. The van der Waals surface area contributed by atoms with Gasteiger partial charge in [-0.3, -0.25) is 0 Å². The van der Waals surface area contributed by atoms with Crippen LogP contribution in [0, 0.1) is 11.8 Å². The summed E-state index contributed by atoms with van der Waals surface area (Å²) in [5.74, 6) is 1.96. The maximum absolute atomic E-state index is 5.98. The maximum Gasteiger partial charge on any atom is 0.0585 e. The van der Waals surface area contributed by atoms with Crippen molar-refractivity contribution in [3.05, 3.63) is 23.0 Å². The Hall–Kier alpha value is -0.470. The van der Waals surface area contributed by atoms with Crippen LogP contribution >= 0.6 is 11.6 Å². The highest BCUT2D eigenvalue weighted by Gasteiger charge is 2.38. The lowest BCUT2D eigenvalue weighted by atomic mass is 9.95. The van der Waals surface area contributed by atoms with Gasteiger partial charge in [0.05, 0.1) is 5.02 Å². The van der Waals surface area contributed by atoms with Crippen LogP contribution in [0.1, 0.15) is 31.4 Å². The lowest BCUT2D eigenvalue weighted by Crippen LogP contribution is -2.33. The quantitative estimate of drug-likeness (QED) is 0.857. The first-order valence-corrected chi connectivity index (χ1v) is 6.64. The van der Waals surface area contributed by atoms with Crippen LogP contribution in [-0.4, -0.2) is 10.6 Å². The topological polar surface area (TPSA) is 17.0 Å². The normalized spacial score (nSPS) is 32.5. The Balaban J connectivity index is 1.59. The Morgan fingerprint density at radius 3 is 2.88 bits per heavy atom. The Bertz CT molecular complexity index is 385. The van der Waals surface area contributed by atoms with Crippen LogP contribution in [-0.2, 0) is 13.6 Å². The fourth-order valence-electron chi connectivity index (χ4n) is 3.47. The van der Waals surface area contributed by atoms with Crippen LogP contribution in [0.3, 0.4) is 0 Å². The second-order valence-corrected chi connectivity index (χ2v) is 5.86. The average molecular weight is 239 g/mol. The van der Waals surface area contributed by atoms with Crippen molar-refractivity contribution in [2.45, 2.75) is 38.3 Å². The Morgan fingerprint density at radius 1 is 1.44 bits per heavy atom. The van der Waals surface area contributed by atoms with Crippen LogP contribution in [0.4, 0.5) is 0 Å². The summed E-state index contributed by atoms with van der Waals surface area (Å²) in [6, 6.07) is 2.81. The van der Waals surface area contributed by atoms with Crippen molar-refractivity contribution >= 4 is 11.6 Å². The van der Waals surface area contributed by atoms with Gasteiger partial charge in [0.2, 0.25) is 0 Å². The van der Waals surface area contributed by atoms with Crippen molar-refractivity contribution in [3.8, 4) is 0 Å². The summed E-state index contributed by atoms with van der Waals surface area (Å²) in [4.78, 5) is 0. The largest absolute Gasteiger partial charge is 0.352 e. The van der Waals surface area contributed by atoms with Crippen molar-refractivity contribution in [2.75, 3.05) is 0 Å². The minimum atomic E-state index is 0.757. The zero-order valence-electron chi connectivity index (χ0n) is 9.75. The zero-order valence-corrected chi connectivity index (χ0v) is 10.5. The molecule has 0 aliphatic heterocycles. The summed E-state index contributed by atoms with van der Waals surface area (Å²) in [7, 11) is 2.06. The van der Waals surface area contributed by atoms with Crippen LogP contribution in [0.5, 0.6) is 0 Å². The predicted molar refractivity (Wildman–Crippen MR) is 66.5 cm³/mol. The zero-order chi connectivity index (χ0) is 11.1. The molecule has 0 aromatic carbocycles. The van der Waals surface area contributed by atoms with E-state index >= 15 is 0 Å². The molecule has 1 N–H and O–H groups in total. The third-order valence-electron chi connectivity index (χ3n) is 4.36. The number of nitrogens with zero attached hydrogens (tertiary/aromatic N) is 1. The molecule has 3 unspecified atom stereocenters. The van der Waals surface area contributed by atoms with Gasteiger partial charge < -0.3 is 9.88 Å². The van der Waals surface area contributed by atoms with E-state index in [2.05, 4.69) is 23.0 Å². The molecule has 2 fully saturated rings. The lowest BCUT2D eigenvalue weighted by molar-refractivity contribution is 0.348. The van der Waals surface area contributed by atoms with Crippen molar-refractivity contribution in [2.24, 2.45) is 18.9 Å². The molecule has 0 spiro atoms. The Morgan fingerprint density at radius 2 is 2.31 bits per heavy atom. The number of fused-ring (bicyclic) bond motifs is 2. The van der Waals surface area contributed by atoms with Gasteiger partial charge in [-0.1, -0.05) is 18.0 Å². The Labute approximate surface area is 102 Å². The number of rotatable bonds is 3. The fraction of sp³-hybridized carbons (Fsp3) is 0.692. The van der Waals surface area contributed by atoms with E-state index in [1.165, 1.54) is 31.4 Å². The summed E-state index contributed by atoms with van der Waals surface area (Å²) in [5.41, 5.74) is 1.28. The van der Waals surface area contributed by atoms with E-state index in [0.717, 1.165) is 29.4 Å². The number of hydrogen-bond donors (Lipinski definition) is 1. The van der Waals surface area contributed by atoms with E-state index in [4.69, 9.17) is 11.6 Å². The molecule has 2 aliphatic rings. The predicted octanol–water partition coefficient (Wildman–Crippen LogP) is 2.96. The molecule has 16 heavy (non-hydrogen) atoms. The number of aryl methyl sites for hydroxylation is 1. The molecule has 3 rings (SSSR count). The molecule has 2 aliphatic carbocycles. The summed E-state index contributed by atoms with van der Waals surface area (Å²) in [6.45, 7) is 0.955. The molecule has 2 nitrogen and oxygen atoms in total. The second kappa shape index (κ2) is 4.08. The van der Waals surface area contributed by atoms with Gasteiger partial charge in [-0.2, -0.15) is 0 Å². The maximum atomic E-state index is 5.98. The smallest absolute Gasteiger partial charge is 0.0585 e. The molecule has 0 radical (unpaired) electrons. The molecule has 1 aromatic rings. The van der Waals surface area contributed by atoms with Gasteiger partial charge >= 0.3 is 0 Å². The van der Waals surface area contributed by atoms with Gasteiger partial charge in [-0.15, -0.1) is 0 Å². The van der Waals surface area contributed by atoms with E-state index in [-0.39, 0.29) is 0 Å². The average Bonchev–Trinajstić information content (AvgIpc) is 2.91. The van der Waals surface area contributed by atoms with E-state index in [1.54, 1.807) is 0 Å². The van der Waals surface area contributed by atoms with Gasteiger partial charge in [-0.25, -0.2) is 0 Å². The van der Waals surface area contributed by atoms with Crippen molar-refractivity contribution in [3.63, 3.8) is 0 Å². The summed E-state index contributed by atoms with van der Waals surface area (Å²) in [6.07, 6.45) is 7.74. The SMILES string of the molecule is Cn1cc(Cl)cc1CNC1CC2CCC1C2. The first kappa shape index (κ1) is 10.7. The third kappa shape index (κ3) is 1.89. The summed E-state index contributed by atoms with van der Waals surface area (Å²) >= 11 is 5.98. The van der Waals surface area contributed by atoms with Crippen molar-refractivity contribution in [1.82, 2.24) is 9.88 Å². The van der Waals surface area contributed by atoms with Crippen LogP contribution in [0.2, 0.25) is 5.02 Å². The molecule has 3 heteroatoms. The summed E-state index contributed by atoms with van der Waals surface area (Å²) in [5, 5.41) is 4.54. The first-order valence-electron chi connectivity index (χ1n) is 6.26. The molecule has 0 amide bonds. The number of hydrogen-bond acceptors (Lipinski definition) is 1. The Kier molecular flexibility index (Phi) is 2.72. The van der Waals surface area contributed by atoms with Gasteiger partial charge in [0.1, 0.15) is 0 Å². The van der Waals surface area contributed by atoms with Crippen LogP contribution in [0.25, 0.3) is 0 Å². The molecular weight excluding hydrogens is 220 g/mol. The fourth-order valence-corrected chi connectivity index (χ4v) is 3.74. The minimum absolute atomic E-state index is 0.757. The van der Waals surface area contributed by atoms with Crippen LogP contribution in [0.15, 0.2) is 12.3 Å². The van der Waals surface area contributed by atoms with Gasteiger partial charge in [-0.05, 0) is 37.2 Å². The molecule has 1 aromatic heterocycles. The molecular formula is C13H19ClN2. The van der Waals surface area contributed by atoms with Crippen LogP contribution < -0.4 is 5.32 Å². The van der Waals surface area contributed by atoms with Gasteiger partial charge in [0, 0.05) is 31.5 Å². The molecule has 1 heterocycles. The minimum Gasteiger partial charge on any atom is -0.352 e. The lowest BCUT2D eigenvalue weighted by Gasteiger charge is -2.23. The van der Waals surface area contributed by atoms with E-state index in [1.807, 2.05) is 6.20 Å². The number of halogens is 1. The van der Waals surface area contributed by atoms with Gasteiger partial charge in [0.25, 0.3) is 0 Å². The standard InChI is InChI=1S/C13H19ClN2/c1-16-8-11(14)6-12(16)7-15-13-5-9-2-3-10(13)4-9/h6,8-10,13,15H,2-5,7H2,1H3. The number of aromatic nitrogens is 1. The first-order chi connectivity index (χ1) is 7.72. The molecule has 88 valence electrons. The second-order valence-electron chi connectivity index (χ2n) is 5.42. The van der Waals surface area contributed by atoms with Crippen molar-refractivity contribution < 1.29 is 0 Å². The highest BCUT2D eigenvalue weighted by molar-refractivity contribution is 6.30.